The fraction of sp³-hybridized carbons (Fsp3) is 0.0667. The predicted octanol–water partition coefficient (Wildman–Crippen LogP) is 4.68. The molecule has 0 spiro atoms. The van der Waals surface area contributed by atoms with Gasteiger partial charge in [0.1, 0.15) is 18.2 Å². The molecule has 18 heavy (non-hydrogen) atoms. The third-order valence-electron chi connectivity index (χ3n) is 2.35. The molecule has 2 aromatic rings. The third kappa shape index (κ3) is 3.70. The van der Waals surface area contributed by atoms with E-state index in [0.29, 0.717) is 16.8 Å². The van der Waals surface area contributed by atoms with Crippen LogP contribution in [0.15, 0.2) is 59.1 Å². The van der Waals surface area contributed by atoms with Crippen molar-refractivity contribution in [3.63, 3.8) is 0 Å². The Morgan fingerprint density at radius 2 is 1.89 bits per heavy atom. The average Bonchev–Trinajstić information content (AvgIpc) is 2.40. The lowest BCUT2D eigenvalue weighted by Crippen LogP contribution is -1.93. The second kappa shape index (κ2) is 6.36. The van der Waals surface area contributed by atoms with Crippen LogP contribution < -0.4 is 4.74 Å². The molecule has 0 N–H and O–H groups in total. The fourth-order valence-electron chi connectivity index (χ4n) is 1.46. The molecule has 92 valence electrons. The molecule has 0 heterocycles. The highest BCUT2D eigenvalue weighted by molar-refractivity contribution is 9.10. The minimum atomic E-state index is -0.290. The summed E-state index contributed by atoms with van der Waals surface area (Å²) in [7, 11) is 0. The maximum absolute atomic E-state index is 13.0. The van der Waals surface area contributed by atoms with Crippen molar-refractivity contribution < 1.29 is 9.13 Å². The number of ether oxygens (including phenoxy) is 1. The second-order valence-electron chi connectivity index (χ2n) is 3.70. The normalized spacial score (nSPS) is 10.8. The molecule has 0 aromatic heterocycles. The van der Waals surface area contributed by atoms with Crippen molar-refractivity contribution in [3.8, 4) is 5.75 Å². The van der Waals surface area contributed by atoms with Crippen molar-refractivity contribution in [1.29, 1.82) is 0 Å². The van der Waals surface area contributed by atoms with Crippen LogP contribution in [0.1, 0.15) is 5.56 Å². The van der Waals surface area contributed by atoms with E-state index in [9.17, 15) is 4.39 Å². The molecule has 0 aliphatic carbocycles. The fourth-order valence-corrected chi connectivity index (χ4v) is 1.82. The molecule has 0 fully saturated rings. The lowest BCUT2D eigenvalue weighted by Gasteiger charge is -2.03. The number of benzene rings is 2. The molecule has 0 bridgehead atoms. The molecule has 1 nitrogen and oxygen atoms in total. The minimum absolute atomic E-state index is 0.290. The zero-order valence-corrected chi connectivity index (χ0v) is 11.2. The van der Waals surface area contributed by atoms with Crippen LogP contribution in [-0.2, 0) is 0 Å². The highest BCUT2D eigenvalue weighted by atomic mass is 79.9. The van der Waals surface area contributed by atoms with Crippen LogP contribution in [0, 0.1) is 5.82 Å². The lowest BCUT2D eigenvalue weighted by molar-refractivity contribution is 0.362. The first-order valence-electron chi connectivity index (χ1n) is 5.55. The molecule has 3 heteroatoms. The first-order valence-corrected chi connectivity index (χ1v) is 6.34. The summed E-state index contributed by atoms with van der Waals surface area (Å²) in [6.45, 7) is 0.451. The van der Waals surface area contributed by atoms with Gasteiger partial charge < -0.3 is 4.74 Å². The summed E-state index contributed by atoms with van der Waals surface area (Å²) in [4.78, 5) is 0. The Morgan fingerprint density at radius 3 is 2.61 bits per heavy atom. The van der Waals surface area contributed by atoms with Crippen LogP contribution >= 0.6 is 15.9 Å². The zero-order chi connectivity index (χ0) is 12.8. The first kappa shape index (κ1) is 12.8. The van der Waals surface area contributed by atoms with Crippen molar-refractivity contribution in [2.24, 2.45) is 0 Å². The van der Waals surface area contributed by atoms with Gasteiger partial charge in [0.15, 0.2) is 0 Å². The van der Waals surface area contributed by atoms with E-state index < -0.39 is 0 Å². The van der Waals surface area contributed by atoms with Crippen LogP contribution in [0.2, 0.25) is 0 Å². The molecule has 2 rings (SSSR count). The Kier molecular flexibility index (Phi) is 4.53. The topological polar surface area (TPSA) is 9.23 Å². The SMILES string of the molecule is Fc1ccc(OC/C=C/c2ccccc2)cc1Br. The third-order valence-corrected chi connectivity index (χ3v) is 2.95. The maximum atomic E-state index is 13.0. The van der Waals surface area contributed by atoms with Gasteiger partial charge in [-0.05, 0) is 45.8 Å². The van der Waals surface area contributed by atoms with Gasteiger partial charge in [-0.2, -0.15) is 0 Å². The van der Waals surface area contributed by atoms with Gasteiger partial charge in [0.2, 0.25) is 0 Å². The summed E-state index contributed by atoms with van der Waals surface area (Å²) in [6, 6.07) is 14.6. The molecule has 0 unspecified atom stereocenters. The summed E-state index contributed by atoms with van der Waals surface area (Å²) >= 11 is 3.12. The number of rotatable bonds is 4. The summed E-state index contributed by atoms with van der Waals surface area (Å²) in [5.41, 5.74) is 1.13. The summed E-state index contributed by atoms with van der Waals surface area (Å²) in [5.74, 6) is 0.350. The van der Waals surface area contributed by atoms with Crippen LogP contribution in [0.4, 0.5) is 4.39 Å². The minimum Gasteiger partial charge on any atom is -0.489 e. The van der Waals surface area contributed by atoms with Crippen molar-refractivity contribution in [3.05, 3.63) is 70.5 Å². The quantitative estimate of drug-likeness (QED) is 0.797. The predicted molar refractivity (Wildman–Crippen MR) is 75.1 cm³/mol. The van der Waals surface area contributed by atoms with Gasteiger partial charge in [-0.3, -0.25) is 0 Å². The number of hydrogen-bond donors (Lipinski definition) is 0. The van der Waals surface area contributed by atoms with Gasteiger partial charge in [0.05, 0.1) is 4.47 Å². The van der Waals surface area contributed by atoms with E-state index in [2.05, 4.69) is 15.9 Å². The molecule has 0 radical (unpaired) electrons. The first-order chi connectivity index (χ1) is 8.75. The Bertz CT molecular complexity index is 537. The van der Waals surface area contributed by atoms with Gasteiger partial charge in [0.25, 0.3) is 0 Å². The van der Waals surface area contributed by atoms with E-state index in [1.165, 1.54) is 6.07 Å². The Morgan fingerprint density at radius 1 is 1.11 bits per heavy atom. The molecule has 0 aliphatic rings. The van der Waals surface area contributed by atoms with E-state index in [4.69, 9.17) is 4.74 Å². The van der Waals surface area contributed by atoms with E-state index in [1.807, 2.05) is 42.5 Å². The lowest BCUT2D eigenvalue weighted by atomic mass is 10.2. The second-order valence-corrected chi connectivity index (χ2v) is 4.55. The standard InChI is InChI=1S/C15H12BrFO/c16-14-11-13(8-9-15(14)17)18-10-4-7-12-5-2-1-3-6-12/h1-9,11H,10H2/b7-4+. The monoisotopic (exact) mass is 306 g/mol. The molecule has 0 amide bonds. The van der Waals surface area contributed by atoms with Gasteiger partial charge >= 0.3 is 0 Å². The van der Waals surface area contributed by atoms with Crippen molar-refractivity contribution in [2.75, 3.05) is 6.61 Å². The molecular weight excluding hydrogens is 295 g/mol. The summed E-state index contributed by atoms with van der Waals surface area (Å²) in [5, 5.41) is 0. The van der Waals surface area contributed by atoms with E-state index >= 15 is 0 Å². The summed E-state index contributed by atoms with van der Waals surface area (Å²) in [6.07, 6.45) is 3.91. The van der Waals surface area contributed by atoms with Gasteiger partial charge in [-0.1, -0.05) is 36.4 Å². The van der Waals surface area contributed by atoms with Crippen LogP contribution in [0.3, 0.4) is 0 Å². The smallest absolute Gasteiger partial charge is 0.137 e. The van der Waals surface area contributed by atoms with Crippen LogP contribution in [-0.4, -0.2) is 6.61 Å². The Balaban J connectivity index is 1.89. The zero-order valence-electron chi connectivity index (χ0n) is 9.64. The molecule has 0 atom stereocenters. The van der Waals surface area contributed by atoms with Crippen molar-refractivity contribution in [2.45, 2.75) is 0 Å². The Hall–Kier alpha value is -1.61. The van der Waals surface area contributed by atoms with E-state index in [1.54, 1.807) is 12.1 Å². The van der Waals surface area contributed by atoms with Crippen LogP contribution in [0.5, 0.6) is 5.75 Å². The molecule has 0 saturated heterocycles. The Labute approximate surface area is 114 Å². The maximum Gasteiger partial charge on any atom is 0.137 e. The van der Waals surface area contributed by atoms with Gasteiger partial charge in [0, 0.05) is 0 Å². The van der Waals surface area contributed by atoms with E-state index in [-0.39, 0.29) is 5.82 Å². The molecule has 0 saturated carbocycles. The highest BCUT2D eigenvalue weighted by Crippen LogP contribution is 2.21. The largest absolute Gasteiger partial charge is 0.489 e. The van der Waals surface area contributed by atoms with E-state index in [0.717, 1.165) is 5.56 Å². The number of hydrogen-bond acceptors (Lipinski definition) is 1. The molecule has 0 aliphatic heterocycles. The molecular formula is C15H12BrFO. The molecule has 2 aromatic carbocycles. The van der Waals surface area contributed by atoms with Gasteiger partial charge in [-0.15, -0.1) is 0 Å². The van der Waals surface area contributed by atoms with Gasteiger partial charge in [-0.25, -0.2) is 4.39 Å². The van der Waals surface area contributed by atoms with Crippen molar-refractivity contribution >= 4 is 22.0 Å². The van der Waals surface area contributed by atoms with Crippen LogP contribution in [0.25, 0.3) is 6.08 Å². The average molecular weight is 307 g/mol. The summed E-state index contributed by atoms with van der Waals surface area (Å²) < 4.78 is 18.9. The number of halogens is 2. The highest BCUT2D eigenvalue weighted by Gasteiger charge is 1.99. The van der Waals surface area contributed by atoms with Crippen molar-refractivity contribution in [1.82, 2.24) is 0 Å².